The van der Waals surface area contributed by atoms with Crippen LogP contribution in [0.2, 0.25) is 0 Å². The van der Waals surface area contributed by atoms with E-state index in [9.17, 15) is 14.7 Å². The zero-order valence-electron chi connectivity index (χ0n) is 24.8. The minimum atomic E-state index is -0.823. The lowest BCUT2D eigenvalue weighted by atomic mass is 9.93. The molecule has 8 nitrogen and oxygen atoms in total. The van der Waals surface area contributed by atoms with Crippen molar-refractivity contribution in [3.8, 4) is 0 Å². The van der Waals surface area contributed by atoms with Crippen molar-refractivity contribution in [2.75, 3.05) is 7.05 Å². The number of aliphatic hydroxyl groups excluding tert-OH is 1. The van der Waals surface area contributed by atoms with Crippen LogP contribution in [0.5, 0.6) is 0 Å². The van der Waals surface area contributed by atoms with Gasteiger partial charge in [-0.1, -0.05) is 88.4 Å². The summed E-state index contributed by atoms with van der Waals surface area (Å²) in [5.41, 5.74) is 9.29. The van der Waals surface area contributed by atoms with Crippen molar-refractivity contribution >= 4 is 23.3 Å². The highest BCUT2D eigenvalue weighted by Crippen LogP contribution is 2.20. The Morgan fingerprint density at radius 3 is 2.07 bits per heavy atom. The monoisotopic (exact) mass is 579 g/mol. The molecule has 5 N–H and O–H groups in total. The molecule has 4 atom stereocenters. The van der Waals surface area contributed by atoms with Gasteiger partial charge < -0.3 is 26.4 Å². The van der Waals surface area contributed by atoms with E-state index in [0.29, 0.717) is 25.3 Å². The van der Waals surface area contributed by atoms with Gasteiger partial charge in [0.2, 0.25) is 5.91 Å². The van der Waals surface area contributed by atoms with E-state index in [1.807, 2.05) is 79.9 Å². The Kier molecular flexibility index (Phi) is 12.3. The van der Waals surface area contributed by atoms with Gasteiger partial charge in [0.25, 0.3) is 0 Å². The predicted molar refractivity (Wildman–Crippen MR) is 166 cm³/mol. The van der Waals surface area contributed by atoms with E-state index in [-0.39, 0.29) is 30.3 Å². The summed E-state index contributed by atoms with van der Waals surface area (Å²) >= 11 is 1.59. The van der Waals surface area contributed by atoms with Crippen LogP contribution in [0.1, 0.15) is 61.9 Å². The van der Waals surface area contributed by atoms with Crippen molar-refractivity contribution < 1.29 is 14.7 Å². The van der Waals surface area contributed by atoms with E-state index in [1.165, 1.54) is 4.90 Å². The highest BCUT2D eigenvalue weighted by molar-refractivity contribution is 7.09. The van der Waals surface area contributed by atoms with Crippen LogP contribution in [0, 0.1) is 5.92 Å². The second-order valence-electron chi connectivity index (χ2n) is 11.4. The van der Waals surface area contributed by atoms with Crippen molar-refractivity contribution in [1.82, 2.24) is 20.5 Å². The van der Waals surface area contributed by atoms with Crippen molar-refractivity contribution in [2.45, 2.75) is 83.6 Å². The van der Waals surface area contributed by atoms with Crippen molar-refractivity contribution in [2.24, 2.45) is 11.7 Å². The lowest BCUT2D eigenvalue weighted by molar-refractivity contribution is -0.124. The van der Waals surface area contributed by atoms with Crippen LogP contribution in [0.3, 0.4) is 0 Å². The van der Waals surface area contributed by atoms with Crippen LogP contribution in [-0.2, 0) is 24.2 Å². The number of aliphatic hydroxyl groups is 1. The maximum absolute atomic E-state index is 13.6. The number of nitrogens with two attached hydrogens (primary N) is 1. The number of thiazole rings is 1. The summed E-state index contributed by atoms with van der Waals surface area (Å²) in [6.45, 7) is 8.33. The third kappa shape index (κ3) is 10.3. The van der Waals surface area contributed by atoms with Gasteiger partial charge in [0.1, 0.15) is 6.04 Å². The van der Waals surface area contributed by atoms with Gasteiger partial charge in [0.15, 0.2) is 0 Å². The maximum Gasteiger partial charge on any atom is 0.318 e. The molecule has 0 aliphatic rings. The number of benzene rings is 2. The van der Waals surface area contributed by atoms with Gasteiger partial charge in [0.05, 0.1) is 23.4 Å². The topological polar surface area (TPSA) is 121 Å². The van der Waals surface area contributed by atoms with E-state index in [4.69, 9.17) is 5.73 Å². The van der Waals surface area contributed by atoms with E-state index in [2.05, 4.69) is 29.5 Å². The van der Waals surface area contributed by atoms with E-state index < -0.39 is 18.2 Å². The van der Waals surface area contributed by atoms with Crippen LogP contribution in [0.4, 0.5) is 4.79 Å². The summed E-state index contributed by atoms with van der Waals surface area (Å²) in [7, 11) is 1.70. The van der Waals surface area contributed by atoms with Crippen LogP contribution in [0.25, 0.3) is 0 Å². The van der Waals surface area contributed by atoms with Crippen LogP contribution >= 0.6 is 11.3 Å². The number of aromatic nitrogens is 1. The molecule has 0 aliphatic carbocycles. The fourth-order valence-electron chi connectivity index (χ4n) is 4.62. The summed E-state index contributed by atoms with van der Waals surface area (Å²) in [5.74, 6) is -0.110. The highest BCUT2D eigenvalue weighted by Gasteiger charge is 2.29. The number of carbonyl (C=O) groups is 2. The maximum atomic E-state index is 13.6. The van der Waals surface area contributed by atoms with Gasteiger partial charge in [-0.05, 0) is 36.3 Å². The Labute approximate surface area is 248 Å². The third-order valence-corrected chi connectivity index (χ3v) is 8.24. The lowest BCUT2D eigenvalue weighted by Crippen LogP contribution is -2.55. The van der Waals surface area contributed by atoms with Crippen LogP contribution < -0.4 is 16.4 Å². The quantitative estimate of drug-likeness (QED) is 0.224. The number of amides is 3. The number of nitrogens with one attached hydrogen (secondary N) is 2. The molecular formula is C32H45N5O3S. The summed E-state index contributed by atoms with van der Waals surface area (Å²) in [6, 6.07) is 17.7. The first-order valence-electron chi connectivity index (χ1n) is 14.3. The second kappa shape index (κ2) is 15.7. The Bertz CT molecular complexity index is 1220. The zero-order chi connectivity index (χ0) is 29.9. The molecule has 0 unspecified atom stereocenters. The highest BCUT2D eigenvalue weighted by atomic mass is 32.1. The molecule has 3 rings (SSSR count). The molecule has 1 heterocycles. The molecule has 222 valence electrons. The van der Waals surface area contributed by atoms with E-state index >= 15 is 0 Å². The van der Waals surface area contributed by atoms with Gasteiger partial charge in [0, 0.05) is 30.4 Å². The Balaban J connectivity index is 1.66. The first kappa shape index (κ1) is 32.2. The number of carbonyl (C=O) groups excluding carboxylic acids is 2. The SMILES string of the molecule is CC(C)c1nc(CN(C)C(=O)N[C@H](C(=O)N[C@@H](Cc2ccccc2)C[C@H](O)[C@H](N)Cc2ccccc2)C(C)C)cs1. The van der Waals surface area contributed by atoms with Crippen LogP contribution in [-0.4, -0.2) is 58.2 Å². The summed E-state index contributed by atoms with van der Waals surface area (Å²) < 4.78 is 0. The first-order valence-corrected chi connectivity index (χ1v) is 15.2. The van der Waals surface area contributed by atoms with Gasteiger partial charge in [-0.2, -0.15) is 0 Å². The number of hydrogen-bond acceptors (Lipinski definition) is 6. The summed E-state index contributed by atoms with van der Waals surface area (Å²) in [5, 5.41) is 20.0. The average molecular weight is 580 g/mol. The predicted octanol–water partition coefficient (Wildman–Crippen LogP) is 4.48. The Hall–Kier alpha value is -3.27. The van der Waals surface area contributed by atoms with Gasteiger partial charge in [-0.15, -0.1) is 11.3 Å². The van der Waals surface area contributed by atoms with Crippen molar-refractivity contribution in [1.29, 1.82) is 0 Å². The minimum Gasteiger partial charge on any atom is -0.391 e. The molecule has 0 saturated heterocycles. The molecule has 3 amide bonds. The van der Waals surface area contributed by atoms with E-state index in [1.54, 1.807) is 18.4 Å². The molecule has 0 saturated carbocycles. The minimum absolute atomic E-state index is 0.151. The molecule has 0 radical (unpaired) electrons. The number of rotatable bonds is 14. The number of nitrogens with zero attached hydrogens (tertiary/aromatic N) is 2. The molecular weight excluding hydrogens is 534 g/mol. The average Bonchev–Trinajstić information content (AvgIpc) is 3.41. The third-order valence-electron chi connectivity index (χ3n) is 7.04. The molecule has 41 heavy (non-hydrogen) atoms. The van der Waals surface area contributed by atoms with Crippen LogP contribution in [0.15, 0.2) is 66.0 Å². The summed E-state index contributed by atoms with van der Waals surface area (Å²) in [4.78, 5) is 32.8. The summed E-state index contributed by atoms with van der Waals surface area (Å²) in [6.07, 6.45) is 0.525. The van der Waals surface area contributed by atoms with Crippen molar-refractivity contribution in [3.05, 3.63) is 87.9 Å². The normalized spacial score (nSPS) is 14.4. The molecule has 0 bridgehead atoms. The van der Waals surface area contributed by atoms with Gasteiger partial charge in [-0.25, -0.2) is 9.78 Å². The molecule has 1 aromatic heterocycles. The Morgan fingerprint density at radius 1 is 0.951 bits per heavy atom. The van der Waals surface area contributed by atoms with Gasteiger partial charge >= 0.3 is 6.03 Å². The molecule has 2 aromatic carbocycles. The first-order chi connectivity index (χ1) is 19.5. The number of hydrogen-bond donors (Lipinski definition) is 4. The fourth-order valence-corrected chi connectivity index (χ4v) is 5.45. The molecule has 9 heteroatoms. The van der Waals surface area contributed by atoms with E-state index in [0.717, 1.165) is 21.8 Å². The fraction of sp³-hybridized carbons (Fsp3) is 0.469. The number of urea groups is 1. The Morgan fingerprint density at radius 2 is 1.54 bits per heavy atom. The molecule has 3 aromatic rings. The van der Waals surface area contributed by atoms with Crippen molar-refractivity contribution in [3.63, 3.8) is 0 Å². The molecule has 0 aliphatic heterocycles. The smallest absolute Gasteiger partial charge is 0.318 e. The lowest BCUT2D eigenvalue weighted by Gasteiger charge is -2.29. The largest absolute Gasteiger partial charge is 0.391 e. The van der Waals surface area contributed by atoms with Gasteiger partial charge in [-0.3, -0.25) is 4.79 Å². The standard InChI is InChI=1S/C32H45N5O3S/c1-21(2)29(36-32(40)37(5)19-26-20-41-31(35-26)22(3)4)30(39)34-25(16-23-12-8-6-9-13-23)18-28(38)27(33)17-24-14-10-7-11-15-24/h6-15,20-22,25,27-29,38H,16-19,33H2,1-5H3,(H,34,39)(H,36,40)/t25-,27+,28-,29-/m0/s1. The molecule has 0 spiro atoms. The molecule has 0 fully saturated rings. The zero-order valence-corrected chi connectivity index (χ0v) is 25.6. The second-order valence-corrected chi connectivity index (χ2v) is 12.3.